The molecule has 20 heavy (non-hydrogen) atoms. The monoisotopic (exact) mass is 287 g/mol. The van der Waals surface area contributed by atoms with Gasteiger partial charge in [0.05, 0.1) is 0 Å². The van der Waals surface area contributed by atoms with Gasteiger partial charge in [0.1, 0.15) is 11.3 Å². The first-order valence-corrected chi connectivity index (χ1v) is 8.99. The van der Waals surface area contributed by atoms with Crippen LogP contribution in [0.4, 0.5) is 0 Å². The number of hydrogen-bond acceptors (Lipinski definition) is 3. The first-order valence-electron chi connectivity index (χ1n) is 7.84. The topological polar surface area (TPSA) is 30.7 Å². The van der Waals surface area contributed by atoms with Crippen LogP contribution in [-0.2, 0) is 0 Å². The van der Waals surface area contributed by atoms with Crippen molar-refractivity contribution in [2.75, 3.05) is 11.5 Å². The fourth-order valence-corrected chi connectivity index (χ4v) is 4.89. The Kier molecular flexibility index (Phi) is 3.42. The van der Waals surface area contributed by atoms with Crippen LogP contribution in [0.1, 0.15) is 56.3 Å². The van der Waals surface area contributed by atoms with Crippen molar-refractivity contribution < 1.29 is 0 Å². The molecule has 2 aromatic heterocycles. The van der Waals surface area contributed by atoms with Crippen LogP contribution in [0.3, 0.4) is 0 Å². The molecule has 1 saturated heterocycles. The van der Waals surface area contributed by atoms with Crippen LogP contribution >= 0.6 is 11.8 Å². The summed E-state index contributed by atoms with van der Waals surface area (Å²) in [6, 6.07) is 4.75. The van der Waals surface area contributed by atoms with Crippen molar-refractivity contribution in [3.63, 3.8) is 0 Å². The van der Waals surface area contributed by atoms with E-state index in [2.05, 4.69) is 27.4 Å². The van der Waals surface area contributed by atoms with Crippen LogP contribution < -0.4 is 0 Å². The highest BCUT2D eigenvalue weighted by atomic mass is 32.2. The fraction of sp³-hybridized carbons (Fsp3) is 0.625. The molecule has 2 fully saturated rings. The van der Waals surface area contributed by atoms with E-state index in [4.69, 9.17) is 4.98 Å². The molecule has 0 amide bonds. The van der Waals surface area contributed by atoms with Crippen LogP contribution in [0.25, 0.3) is 11.2 Å². The average Bonchev–Trinajstić information content (AvgIpc) is 3.15. The molecule has 1 aliphatic heterocycles. The van der Waals surface area contributed by atoms with Crippen molar-refractivity contribution in [2.45, 2.75) is 50.5 Å². The average molecular weight is 287 g/mol. The second-order valence-electron chi connectivity index (χ2n) is 6.04. The van der Waals surface area contributed by atoms with Crippen molar-refractivity contribution in [1.82, 2.24) is 14.5 Å². The van der Waals surface area contributed by atoms with E-state index in [-0.39, 0.29) is 0 Å². The van der Waals surface area contributed by atoms with Gasteiger partial charge in [-0.3, -0.25) is 0 Å². The molecular formula is C16H21N3S. The second kappa shape index (κ2) is 5.40. The summed E-state index contributed by atoms with van der Waals surface area (Å²) >= 11 is 2.07. The number of thioether (sulfide) groups is 1. The first kappa shape index (κ1) is 12.7. The van der Waals surface area contributed by atoms with Gasteiger partial charge in [0.15, 0.2) is 5.65 Å². The van der Waals surface area contributed by atoms with Crippen LogP contribution in [0, 0.1) is 0 Å². The second-order valence-corrected chi connectivity index (χ2v) is 7.19. The summed E-state index contributed by atoms with van der Waals surface area (Å²) in [5, 5.41) is 0. The molecule has 0 radical (unpaired) electrons. The summed E-state index contributed by atoms with van der Waals surface area (Å²) in [7, 11) is 0. The summed E-state index contributed by atoms with van der Waals surface area (Å²) in [6.07, 6.45) is 9.90. The Balaban J connectivity index is 1.83. The fourth-order valence-electron chi connectivity index (χ4n) is 3.67. The minimum Gasteiger partial charge on any atom is -0.309 e. The lowest BCUT2D eigenvalue weighted by Gasteiger charge is -2.26. The maximum Gasteiger partial charge on any atom is 0.160 e. The zero-order valence-electron chi connectivity index (χ0n) is 11.8. The number of pyridine rings is 1. The molecule has 0 N–H and O–H groups in total. The van der Waals surface area contributed by atoms with Crippen molar-refractivity contribution in [1.29, 1.82) is 0 Å². The highest BCUT2D eigenvalue weighted by molar-refractivity contribution is 7.99. The maximum atomic E-state index is 4.96. The molecule has 3 heterocycles. The van der Waals surface area contributed by atoms with Gasteiger partial charge in [-0.05, 0) is 37.1 Å². The van der Waals surface area contributed by atoms with Crippen LogP contribution in [0.5, 0.6) is 0 Å². The Hall–Kier alpha value is -1.03. The predicted octanol–water partition coefficient (Wildman–Crippen LogP) is 4.16. The van der Waals surface area contributed by atoms with Crippen LogP contribution in [-0.4, -0.2) is 26.0 Å². The molecule has 2 aliphatic rings. The van der Waals surface area contributed by atoms with Gasteiger partial charge in [0.2, 0.25) is 0 Å². The summed E-state index contributed by atoms with van der Waals surface area (Å²) in [5.41, 5.74) is 2.20. The molecule has 106 valence electrons. The maximum absolute atomic E-state index is 4.96. The Bertz CT molecular complexity index is 595. The molecule has 3 nitrogen and oxygen atoms in total. The summed E-state index contributed by atoms with van der Waals surface area (Å²) in [4.78, 5) is 9.60. The van der Waals surface area contributed by atoms with Crippen LogP contribution in [0.2, 0.25) is 0 Å². The van der Waals surface area contributed by atoms with E-state index in [0.717, 1.165) is 11.2 Å². The van der Waals surface area contributed by atoms with E-state index < -0.39 is 0 Å². The Morgan fingerprint density at radius 2 is 2.05 bits per heavy atom. The van der Waals surface area contributed by atoms with Crippen molar-refractivity contribution in [2.24, 2.45) is 0 Å². The predicted molar refractivity (Wildman–Crippen MR) is 84.3 cm³/mol. The number of imidazole rings is 1. The van der Waals surface area contributed by atoms with E-state index in [9.17, 15) is 0 Å². The molecule has 2 aromatic rings. The van der Waals surface area contributed by atoms with E-state index in [0.29, 0.717) is 12.0 Å². The van der Waals surface area contributed by atoms with E-state index in [1.807, 2.05) is 12.3 Å². The summed E-state index contributed by atoms with van der Waals surface area (Å²) in [6.45, 7) is 0. The highest BCUT2D eigenvalue weighted by Crippen LogP contribution is 2.38. The zero-order valence-corrected chi connectivity index (χ0v) is 12.6. The third kappa shape index (κ3) is 2.14. The molecule has 4 heteroatoms. The number of rotatable bonds is 2. The molecule has 0 aromatic carbocycles. The molecule has 0 bridgehead atoms. The molecule has 1 unspecified atom stereocenters. The minimum absolute atomic E-state index is 0.629. The third-order valence-electron chi connectivity index (χ3n) is 4.71. The first-order chi connectivity index (χ1) is 9.93. The largest absolute Gasteiger partial charge is 0.309 e. The molecule has 4 rings (SSSR count). The van der Waals surface area contributed by atoms with Gasteiger partial charge in [0.25, 0.3) is 0 Å². The van der Waals surface area contributed by atoms with Crippen molar-refractivity contribution in [3.8, 4) is 0 Å². The minimum atomic E-state index is 0.629. The third-order valence-corrected chi connectivity index (χ3v) is 5.87. The smallest absolute Gasteiger partial charge is 0.160 e. The molecule has 1 atom stereocenters. The Morgan fingerprint density at radius 1 is 1.15 bits per heavy atom. The van der Waals surface area contributed by atoms with E-state index >= 15 is 0 Å². The molecular weight excluding hydrogens is 266 g/mol. The molecule has 0 spiro atoms. The van der Waals surface area contributed by atoms with E-state index in [1.54, 1.807) is 0 Å². The van der Waals surface area contributed by atoms with E-state index in [1.165, 1.54) is 55.9 Å². The van der Waals surface area contributed by atoms with Gasteiger partial charge < -0.3 is 4.57 Å². The standard InChI is InChI=1S/C16H21N3S/c1-2-5-13(6-3-1)19-15(12-8-10-20-11-12)18-14-7-4-9-17-16(14)19/h4,7,9,12-13H,1-3,5-6,8,10-11H2. The number of hydrogen-bond donors (Lipinski definition) is 0. The normalized spacial score (nSPS) is 24.5. The van der Waals surface area contributed by atoms with Crippen molar-refractivity contribution in [3.05, 3.63) is 24.2 Å². The number of nitrogens with zero attached hydrogens (tertiary/aromatic N) is 3. The SMILES string of the molecule is c1cnc2c(c1)nc(C1CCSC1)n2C1CCCCC1. The van der Waals surface area contributed by atoms with Crippen LogP contribution in [0.15, 0.2) is 18.3 Å². The molecule has 1 saturated carbocycles. The number of fused-ring (bicyclic) bond motifs is 1. The van der Waals surface area contributed by atoms with Gasteiger partial charge in [-0.15, -0.1) is 0 Å². The Morgan fingerprint density at radius 3 is 2.85 bits per heavy atom. The summed E-state index contributed by atoms with van der Waals surface area (Å²) < 4.78 is 2.50. The van der Waals surface area contributed by atoms with Gasteiger partial charge in [0, 0.05) is 23.9 Å². The van der Waals surface area contributed by atoms with Gasteiger partial charge >= 0.3 is 0 Å². The highest BCUT2D eigenvalue weighted by Gasteiger charge is 2.28. The quantitative estimate of drug-likeness (QED) is 0.831. The lowest BCUT2D eigenvalue weighted by Crippen LogP contribution is -2.18. The van der Waals surface area contributed by atoms with Gasteiger partial charge in [-0.1, -0.05) is 19.3 Å². The van der Waals surface area contributed by atoms with Gasteiger partial charge in [-0.2, -0.15) is 11.8 Å². The van der Waals surface area contributed by atoms with Crippen molar-refractivity contribution >= 4 is 22.9 Å². The van der Waals surface area contributed by atoms with Gasteiger partial charge in [-0.25, -0.2) is 9.97 Å². The lowest BCUT2D eigenvalue weighted by atomic mass is 9.94. The summed E-state index contributed by atoms with van der Waals surface area (Å²) in [5.74, 6) is 4.47. The number of aromatic nitrogens is 3. The zero-order chi connectivity index (χ0) is 13.4. The molecule has 1 aliphatic carbocycles. The Labute approximate surface area is 124 Å². The lowest BCUT2D eigenvalue weighted by molar-refractivity contribution is 0.347.